The molecule has 4 nitrogen and oxygen atoms in total. The smallest absolute Gasteiger partial charge is 0.395 e. The number of aliphatic hydroxyl groups excluding tert-OH is 1. The minimum absolute atomic E-state index is 0.156. The number of hydrogen-bond donors (Lipinski definition) is 2. The number of carbonyl (C=O) groups is 2. The molecule has 0 unspecified atom stereocenters. The highest BCUT2D eigenvalue weighted by Gasteiger charge is 2.60. The first-order valence-corrected chi connectivity index (χ1v) is 6.92. The van der Waals surface area contributed by atoms with E-state index in [-0.39, 0.29) is 11.3 Å². The third kappa shape index (κ3) is 2.90. The van der Waals surface area contributed by atoms with Gasteiger partial charge in [-0.25, -0.2) is 0 Å². The summed E-state index contributed by atoms with van der Waals surface area (Å²) in [6, 6.07) is 12.5. The van der Waals surface area contributed by atoms with Crippen LogP contribution in [-0.4, -0.2) is 29.6 Å². The van der Waals surface area contributed by atoms with E-state index in [0.29, 0.717) is 5.56 Å². The van der Waals surface area contributed by atoms with E-state index in [1.807, 2.05) is 0 Å². The standard InChI is InChI=1S/C17H14F3NO3/c18-17(19,20)16(10-22,15(21)24)13-8-6-12(7-9-13)14(23)11-4-2-1-3-5-11/h1-9,22H,10H2,(H2,21,24)/t16-/m1/s1. The fraction of sp³-hybridized carbons (Fsp3) is 0.176. The summed E-state index contributed by atoms with van der Waals surface area (Å²) in [6.45, 7) is -1.52. The van der Waals surface area contributed by atoms with E-state index in [9.17, 15) is 27.9 Å². The van der Waals surface area contributed by atoms with Crippen LogP contribution in [0.4, 0.5) is 13.2 Å². The van der Waals surface area contributed by atoms with Gasteiger partial charge in [-0.3, -0.25) is 9.59 Å². The number of aliphatic hydroxyl groups is 1. The number of nitrogens with two attached hydrogens (primary N) is 1. The topological polar surface area (TPSA) is 80.4 Å². The van der Waals surface area contributed by atoms with Gasteiger partial charge in [0.15, 0.2) is 11.2 Å². The summed E-state index contributed by atoms with van der Waals surface area (Å²) in [4.78, 5) is 23.7. The van der Waals surface area contributed by atoms with E-state index in [4.69, 9.17) is 5.73 Å². The first-order chi connectivity index (χ1) is 11.2. The van der Waals surface area contributed by atoms with E-state index >= 15 is 0 Å². The number of carbonyl (C=O) groups excluding carboxylic acids is 2. The zero-order valence-corrected chi connectivity index (χ0v) is 12.4. The highest BCUT2D eigenvalue weighted by molar-refractivity contribution is 6.09. The summed E-state index contributed by atoms with van der Waals surface area (Å²) < 4.78 is 39.9. The van der Waals surface area contributed by atoms with Gasteiger partial charge in [0.1, 0.15) is 0 Å². The first-order valence-electron chi connectivity index (χ1n) is 6.92. The minimum Gasteiger partial charge on any atom is -0.395 e. The normalized spacial score (nSPS) is 14.0. The second kappa shape index (κ2) is 6.45. The molecule has 0 spiro atoms. The third-order valence-corrected chi connectivity index (χ3v) is 3.82. The van der Waals surface area contributed by atoms with Crippen molar-refractivity contribution in [1.82, 2.24) is 0 Å². The number of benzene rings is 2. The van der Waals surface area contributed by atoms with Crippen LogP contribution in [0.25, 0.3) is 0 Å². The van der Waals surface area contributed by atoms with Crippen molar-refractivity contribution in [3.8, 4) is 0 Å². The van der Waals surface area contributed by atoms with Gasteiger partial charge in [-0.15, -0.1) is 0 Å². The number of ketones is 1. The van der Waals surface area contributed by atoms with Gasteiger partial charge in [0, 0.05) is 11.1 Å². The number of rotatable bonds is 5. The number of halogens is 3. The maximum atomic E-state index is 13.3. The van der Waals surface area contributed by atoms with Crippen molar-refractivity contribution in [1.29, 1.82) is 0 Å². The van der Waals surface area contributed by atoms with Crippen LogP contribution in [0.1, 0.15) is 21.5 Å². The van der Waals surface area contributed by atoms with Crippen LogP contribution >= 0.6 is 0 Å². The lowest BCUT2D eigenvalue weighted by Crippen LogP contribution is -2.55. The Morgan fingerprint density at radius 1 is 0.917 bits per heavy atom. The lowest BCUT2D eigenvalue weighted by atomic mass is 9.79. The number of alkyl halides is 3. The van der Waals surface area contributed by atoms with E-state index < -0.39 is 29.7 Å². The summed E-state index contributed by atoms with van der Waals surface area (Å²) in [6.07, 6.45) is -5.07. The van der Waals surface area contributed by atoms with Crippen LogP contribution in [0.5, 0.6) is 0 Å². The van der Waals surface area contributed by atoms with Crippen molar-refractivity contribution in [2.45, 2.75) is 11.6 Å². The van der Waals surface area contributed by atoms with Gasteiger partial charge in [0.25, 0.3) is 0 Å². The Morgan fingerprint density at radius 2 is 1.42 bits per heavy atom. The Hall–Kier alpha value is -2.67. The van der Waals surface area contributed by atoms with Crippen LogP contribution in [0, 0.1) is 0 Å². The average molecular weight is 337 g/mol. The minimum atomic E-state index is -5.07. The Kier molecular flexibility index (Phi) is 4.75. The SMILES string of the molecule is NC(=O)[C@@](CO)(c1ccc(C(=O)c2ccccc2)cc1)C(F)(F)F. The van der Waals surface area contributed by atoms with Crippen LogP contribution in [0.2, 0.25) is 0 Å². The molecule has 7 heteroatoms. The van der Waals surface area contributed by atoms with Gasteiger partial charge in [-0.1, -0.05) is 54.6 Å². The molecule has 2 aromatic rings. The molecule has 24 heavy (non-hydrogen) atoms. The van der Waals surface area contributed by atoms with Gasteiger partial charge < -0.3 is 10.8 Å². The summed E-state index contributed by atoms with van der Waals surface area (Å²) >= 11 is 0. The van der Waals surface area contributed by atoms with E-state index in [1.54, 1.807) is 30.3 Å². The fourth-order valence-corrected chi connectivity index (χ4v) is 2.37. The summed E-state index contributed by atoms with van der Waals surface area (Å²) in [7, 11) is 0. The van der Waals surface area contributed by atoms with Crippen molar-refractivity contribution in [2.24, 2.45) is 5.73 Å². The van der Waals surface area contributed by atoms with Gasteiger partial charge in [0.2, 0.25) is 5.91 Å². The van der Waals surface area contributed by atoms with Crippen LogP contribution in [0.15, 0.2) is 54.6 Å². The van der Waals surface area contributed by atoms with Crippen molar-refractivity contribution >= 4 is 11.7 Å². The van der Waals surface area contributed by atoms with Crippen molar-refractivity contribution in [2.75, 3.05) is 6.61 Å². The Balaban J connectivity index is 2.44. The van der Waals surface area contributed by atoms with Crippen LogP contribution < -0.4 is 5.73 Å². The monoisotopic (exact) mass is 337 g/mol. The number of primary amides is 1. The van der Waals surface area contributed by atoms with Crippen molar-refractivity contribution in [3.05, 3.63) is 71.3 Å². The molecule has 2 aromatic carbocycles. The molecule has 0 bridgehead atoms. The molecule has 0 aliphatic heterocycles. The quantitative estimate of drug-likeness (QED) is 0.821. The number of hydrogen-bond acceptors (Lipinski definition) is 3. The molecule has 126 valence electrons. The largest absolute Gasteiger partial charge is 0.409 e. The van der Waals surface area contributed by atoms with Crippen molar-refractivity contribution in [3.63, 3.8) is 0 Å². The highest BCUT2D eigenvalue weighted by Crippen LogP contribution is 2.40. The van der Waals surface area contributed by atoms with Gasteiger partial charge >= 0.3 is 6.18 Å². The molecule has 0 heterocycles. The Labute approximate surface area is 135 Å². The fourth-order valence-electron chi connectivity index (χ4n) is 2.37. The summed E-state index contributed by atoms with van der Waals surface area (Å²) in [5.41, 5.74) is 1.71. The second-order valence-electron chi connectivity index (χ2n) is 5.20. The van der Waals surface area contributed by atoms with E-state index in [0.717, 1.165) is 12.1 Å². The molecule has 0 aliphatic carbocycles. The molecule has 0 aromatic heterocycles. The molecule has 0 saturated heterocycles. The summed E-state index contributed by atoms with van der Waals surface area (Å²) in [5.74, 6) is -2.08. The third-order valence-electron chi connectivity index (χ3n) is 3.82. The lowest BCUT2D eigenvalue weighted by molar-refractivity contribution is -0.201. The molecule has 0 saturated carbocycles. The zero-order chi connectivity index (χ0) is 18.0. The average Bonchev–Trinajstić information content (AvgIpc) is 2.55. The van der Waals surface area contributed by atoms with Gasteiger partial charge in [-0.05, 0) is 5.56 Å². The molecular formula is C17H14F3NO3. The van der Waals surface area contributed by atoms with Gasteiger partial charge in [0.05, 0.1) is 6.61 Å². The molecule has 0 radical (unpaired) electrons. The first kappa shape index (κ1) is 17.7. The van der Waals surface area contributed by atoms with Crippen molar-refractivity contribution < 1.29 is 27.9 Å². The predicted octanol–water partition coefficient (Wildman–Crippen LogP) is 2.20. The Morgan fingerprint density at radius 3 is 1.83 bits per heavy atom. The Bertz CT molecular complexity index is 742. The molecular weight excluding hydrogens is 323 g/mol. The molecule has 0 aliphatic rings. The predicted molar refractivity (Wildman–Crippen MR) is 80.3 cm³/mol. The zero-order valence-electron chi connectivity index (χ0n) is 12.4. The molecule has 0 fully saturated rings. The molecule has 2 rings (SSSR count). The molecule has 3 N–H and O–H groups in total. The van der Waals surface area contributed by atoms with E-state index in [2.05, 4.69) is 0 Å². The second-order valence-corrected chi connectivity index (χ2v) is 5.20. The van der Waals surface area contributed by atoms with Crippen LogP contribution in [-0.2, 0) is 10.2 Å². The maximum absolute atomic E-state index is 13.3. The van der Waals surface area contributed by atoms with Gasteiger partial charge in [-0.2, -0.15) is 13.2 Å². The van der Waals surface area contributed by atoms with Crippen LogP contribution in [0.3, 0.4) is 0 Å². The lowest BCUT2D eigenvalue weighted by Gasteiger charge is -2.31. The molecule has 1 atom stereocenters. The van der Waals surface area contributed by atoms with E-state index in [1.165, 1.54) is 12.1 Å². The highest BCUT2D eigenvalue weighted by atomic mass is 19.4. The maximum Gasteiger partial charge on any atom is 0.409 e. The molecule has 1 amide bonds. The number of amides is 1. The summed E-state index contributed by atoms with van der Waals surface area (Å²) in [5, 5.41) is 9.20.